The predicted molar refractivity (Wildman–Crippen MR) is 68.2 cm³/mol. The van der Waals surface area contributed by atoms with Crippen LogP contribution in [0.4, 0.5) is 11.6 Å². The van der Waals surface area contributed by atoms with E-state index in [1.165, 1.54) is 30.3 Å². The Bertz CT molecular complexity index is 646. The minimum Gasteiger partial charge on any atom is -0.381 e. The summed E-state index contributed by atoms with van der Waals surface area (Å²) in [5, 5.41) is -0.118. The van der Waals surface area contributed by atoms with E-state index in [2.05, 4.69) is 35.6 Å². The summed E-state index contributed by atoms with van der Waals surface area (Å²) in [7, 11) is -2.30. The third-order valence-corrected chi connectivity index (χ3v) is 3.92. The van der Waals surface area contributed by atoms with E-state index in [4.69, 9.17) is 5.73 Å². The van der Waals surface area contributed by atoms with Gasteiger partial charge < -0.3 is 10.3 Å². The van der Waals surface area contributed by atoms with Crippen molar-refractivity contribution in [3.8, 4) is 0 Å². The van der Waals surface area contributed by atoms with Crippen LogP contribution in [0.5, 0.6) is 0 Å². The third-order valence-electron chi connectivity index (χ3n) is 2.02. The molecule has 8 nitrogen and oxygen atoms in total. The van der Waals surface area contributed by atoms with Crippen molar-refractivity contribution in [3.63, 3.8) is 0 Å². The molecule has 0 unspecified atom stereocenters. The molecule has 0 fully saturated rings. The topological polar surface area (TPSA) is 116 Å². The Balaban J connectivity index is 2.36. The number of aryl methyl sites for hydroxylation is 1. The fourth-order valence-corrected chi connectivity index (χ4v) is 2.75. The van der Waals surface area contributed by atoms with Crippen molar-refractivity contribution in [2.24, 2.45) is 7.05 Å². The highest BCUT2D eigenvalue weighted by atomic mass is 79.9. The fraction of sp³-hybridized carbons (Fsp3) is 0.125. The number of nitrogen functional groups attached to an aromatic ring is 1. The van der Waals surface area contributed by atoms with Gasteiger partial charge >= 0.3 is 0 Å². The maximum atomic E-state index is 12.1. The van der Waals surface area contributed by atoms with Crippen LogP contribution in [0.1, 0.15) is 0 Å². The van der Waals surface area contributed by atoms with Crippen molar-refractivity contribution in [1.29, 1.82) is 0 Å². The number of nitrogens with two attached hydrogens (primary N) is 1. The molecular formula is C8H9BrN6O2S. The summed E-state index contributed by atoms with van der Waals surface area (Å²) < 4.78 is 28.2. The summed E-state index contributed by atoms with van der Waals surface area (Å²) >= 11 is 3.10. The summed E-state index contributed by atoms with van der Waals surface area (Å²) in [5.41, 5.74) is 5.51. The van der Waals surface area contributed by atoms with E-state index < -0.39 is 10.0 Å². The number of aromatic nitrogens is 4. The van der Waals surface area contributed by atoms with Crippen LogP contribution in [0.15, 0.2) is 28.4 Å². The minimum atomic E-state index is -3.84. The molecule has 10 heteroatoms. The van der Waals surface area contributed by atoms with E-state index in [0.717, 1.165) is 0 Å². The van der Waals surface area contributed by atoms with Gasteiger partial charge in [-0.3, -0.25) is 4.72 Å². The Hall–Kier alpha value is -1.68. The second-order valence-electron chi connectivity index (χ2n) is 3.38. The Kier molecular flexibility index (Phi) is 3.22. The number of hydrogen-bond acceptors (Lipinski definition) is 6. The van der Waals surface area contributed by atoms with Crippen molar-refractivity contribution < 1.29 is 8.42 Å². The highest BCUT2D eigenvalue weighted by molar-refractivity contribution is 9.10. The molecule has 2 rings (SSSR count). The quantitative estimate of drug-likeness (QED) is 0.838. The number of halogens is 1. The number of nitrogens with one attached hydrogen (secondary N) is 1. The standard InChI is InChI=1S/C8H9BrN6O2S/c1-15-4-13-7(10)8(15)18(16,17)14-6-3-11-5(9)2-12-6/h2-4H,10H2,1H3,(H,12,14). The fourth-order valence-electron chi connectivity index (χ4n) is 1.32. The summed E-state index contributed by atoms with van der Waals surface area (Å²) in [6.07, 6.45) is 3.98. The molecule has 0 bridgehead atoms. The van der Waals surface area contributed by atoms with Gasteiger partial charge in [-0.2, -0.15) is 8.42 Å². The summed E-state index contributed by atoms with van der Waals surface area (Å²) in [6, 6.07) is 0. The van der Waals surface area contributed by atoms with Gasteiger partial charge in [-0.1, -0.05) is 0 Å². The first kappa shape index (κ1) is 12.8. The molecule has 2 aromatic rings. The van der Waals surface area contributed by atoms with Crippen molar-refractivity contribution in [1.82, 2.24) is 19.5 Å². The smallest absolute Gasteiger partial charge is 0.282 e. The average molecular weight is 333 g/mol. The van der Waals surface area contributed by atoms with E-state index in [9.17, 15) is 8.42 Å². The number of hydrogen-bond donors (Lipinski definition) is 2. The van der Waals surface area contributed by atoms with Gasteiger partial charge in [-0.05, 0) is 15.9 Å². The second kappa shape index (κ2) is 4.53. The zero-order valence-electron chi connectivity index (χ0n) is 9.20. The van der Waals surface area contributed by atoms with Gasteiger partial charge in [-0.25, -0.2) is 15.0 Å². The van der Waals surface area contributed by atoms with Gasteiger partial charge in [0.25, 0.3) is 10.0 Å². The van der Waals surface area contributed by atoms with Gasteiger partial charge in [0.2, 0.25) is 0 Å². The first-order chi connectivity index (χ1) is 8.40. The van der Waals surface area contributed by atoms with Crippen LogP contribution in [0.2, 0.25) is 0 Å². The van der Waals surface area contributed by atoms with Crippen molar-refractivity contribution >= 4 is 37.6 Å². The van der Waals surface area contributed by atoms with Crippen LogP contribution in [0.3, 0.4) is 0 Å². The Morgan fingerprint density at radius 1 is 1.33 bits per heavy atom. The van der Waals surface area contributed by atoms with Gasteiger partial charge in [0.15, 0.2) is 16.7 Å². The molecule has 0 aliphatic carbocycles. The summed E-state index contributed by atoms with van der Waals surface area (Å²) in [6.45, 7) is 0. The Morgan fingerprint density at radius 2 is 2.06 bits per heavy atom. The third kappa shape index (κ3) is 2.43. The molecule has 96 valence electrons. The number of nitrogens with zero attached hydrogens (tertiary/aromatic N) is 4. The highest BCUT2D eigenvalue weighted by Gasteiger charge is 2.22. The zero-order chi connectivity index (χ0) is 13.3. The molecule has 0 saturated heterocycles. The van der Waals surface area contributed by atoms with Crippen LogP contribution in [0.25, 0.3) is 0 Å². The molecule has 18 heavy (non-hydrogen) atoms. The van der Waals surface area contributed by atoms with E-state index in [0.29, 0.717) is 4.60 Å². The maximum absolute atomic E-state index is 12.1. The number of anilines is 2. The molecule has 0 amide bonds. The number of rotatable bonds is 3. The molecule has 0 atom stereocenters. The summed E-state index contributed by atoms with van der Waals surface area (Å²) in [5.74, 6) is 0.0221. The largest absolute Gasteiger partial charge is 0.381 e. The minimum absolute atomic E-state index is 0.0740. The van der Waals surface area contributed by atoms with E-state index in [1.54, 1.807) is 0 Å². The average Bonchev–Trinajstić information content (AvgIpc) is 2.62. The first-order valence-electron chi connectivity index (χ1n) is 4.67. The molecule has 0 spiro atoms. The van der Waals surface area contributed by atoms with Gasteiger partial charge in [0, 0.05) is 7.05 Å². The number of imidazole rings is 1. The zero-order valence-corrected chi connectivity index (χ0v) is 11.6. The lowest BCUT2D eigenvalue weighted by atomic mass is 10.7. The molecule has 2 heterocycles. The van der Waals surface area contributed by atoms with Crippen LogP contribution in [-0.4, -0.2) is 27.9 Å². The Labute approximate surface area is 111 Å². The van der Waals surface area contributed by atoms with Crippen molar-refractivity contribution in [2.75, 3.05) is 10.5 Å². The lowest BCUT2D eigenvalue weighted by molar-refractivity contribution is 0.591. The second-order valence-corrected chi connectivity index (χ2v) is 5.79. The first-order valence-corrected chi connectivity index (χ1v) is 6.95. The van der Waals surface area contributed by atoms with Crippen LogP contribution in [-0.2, 0) is 17.1 Å². The molecule has 3 N–H and O–H groups in total. The van der Waals surface area contributed by atoms with Crippen LogP contribution < -0.4 is 10.5 Å². The molecule has 0 saturated carbocycles. The van der Waals surface area contributed by atoms with Gasteiger partial charge in [0.05, 0.1) is 18.7 Å². The van der Waals surface area contributed by atoms with Crippen LogP contribution in [0, 0.1) is 0 Å². The summed E-state index contributed by atoms with van der Waals surface area (Å²) in [4.78, 5) is 11.4. The number of sulfonamides is 1. The van der Waals surface area contributed by atoms with E-state index in [1.807, 2.05) is 0 Å². The lowest BCUT2D eigenvalue weighted by Crippen LogP contribution is -2.18. The molecule has 2 aromatic heterocycles. The monoisotopic (exact) mass is 332 g/mol. The van der Waals surface area contributed by atoms with Crippen LogP contribution >= 0.6 is 15.9 Å². The predicted octanol–water partition coefficient (Wildman–Crippen LogP) is 0.356. The molecule has 0 aromatic carbocycles. The van der Waals surface area contributed by atoms with Gasteiger partial charge in [-0.15, -0.1) is 0 Å². The van der Waals surface area contributed by atoms with Gasteiger partial charge in [0.1, 0.15) is 4.60 Å². The van der Waals surface area contributed by atoms with E-state index >= 15 is 0 Å². The normalized spacial score (nSPS) is 11.4. The molecule has 0 radical (unpaired) electrons. The SMILES string of the molecule is Cn1cnc(N)c1S(=O)(=O)Nc1cnc(Br)cn1. The van der Waals surface area contributed by atoms with Crippen molar-refractivity contribution in [3.05, 3.63) is 23.3 Å². The Morgan fingerprint density at radius 3 is 2.56 bits per heavy atom. The molecule has 0 aliphatic rings. The van der Waals surface area contributed by atoms with E-state index in [-0.39, 0.29) is 16.7 Å². The maximum Gasteiger partial charge on any atom is 0.282 e. The lowest BCUT2D eigenvalue weighted by Gasteiger charge is -2.07. The molecule has 0 aliphatic heterocycles. The van der Waals surface area contributed by atoms with Crippen molar-refractivity contribution in [2.45, 2.75) is 5.03 Å². The highest BCUT2D eigenvalue weighted by Crippen LogP contribution is 2.18. The molecular weight excluding hydrogens is 324 g/mol.